The second-order valence-corrected chi connectivity index (χ2v) is 10.3. The Morgan fingerprint density at radius 1 is 1.07 bits per heavy atom. The van der Waals surface area contributed by atoms with Crippen molar-refractivity contribution in [1.82, 2.24) is 29.7 Å². The van der Waals surface area contributed by atoms with Crippen molar-refractivity contribution in [1.29, 1.82) is 0 Å². The van der Waals surface area contributed by atoms with E-state index in [2.05, 4.69) is 25.6 Å². The molecule has 0 radical (unpaired) electrons. The van der Waals surface area contributed by atoms with Crippen molar-refractivity contribution in [3.8, 4) is 16.9 Å². The molecule has 0 saturated carbocycles. The van der Waals surface area contributed by atoms with Gasteiger partial charge in [0.05, 0.1) is 23.6 Å². The number of anilines is 1. The third-order valence-electron chi connectivity index (χ3n) is 7.48. The van der Waals surface area contributed by atoms with Crippen molar-refractivity contribution in [3.63, 3.8) is 0 Å². The number of Topliss-reactive ketones (excluding diaryl/α,β-unsaturated/α-hetero) is 1. The third kappa shape index (κ3) is 5.94. The van der Waals surface area contributed by atoms with Gasteiger partial charge in [0.25, 0.3) is 0 Å². The first-order chi connectivity index (χ1) is 19.1. The number of likely N-dealkylation sites (tertiary alicyclic amines) is 1. The smallest absolute Gasteiger partial charge is 0.383 e. The number of carbonyl (C=O) groups excluding carboxylic acids is 1. The first kappa shape index (κ1) is 27.6. The van der Waals surface area contributed by atoms with Gasteiger partial charge in [-0.2, -0.15) is 18.3 Å². The number of hydrogen-bond acceptors (Lipinski definition) is 6. The zero-order chi connectivity index (χ0) is 28.4. The normalized spacial score (nSPS) is 14.2. The fourth-order valence-electron chi connectivity index (χ4n) is 5.01. The van der Waals surface area contributed by atoms with Crippen LogP contribution in [0.2, 0.25) is 0 Å². The molecule has 2 aromatic carbocycles. The van der Waals surface area contributed by atoms with Gasteiger partial charge in [-0.15, -0.1) is 5.10 Å². The van der Waals surface area contributed by atoms with E-state index in [0.29, 0.717) is 23.5 Å². The fourth-order valence-corrected chi connectivity index (χ4v) is 5.01. The van der Waals surface area contributed by atoms with Gasteiger partial charge in [0.15, 0.2) is 5.78 Å². The predicted octanol–water partition coefficient (Wildman–Crippen LogP) is 5.24. The molecule has 1 aliphatic rings. The first-order valence-corrected chi connectivity index (χ1v) is 13.3. The Morgan fingerprint density at radius 3 is 2.55 bits per heavy atom. The van der Waals surface area contributed by atoms with Crippen LogP contribution in [0.3, 0.4) is 0 Å². The molecule has 1 aliphatic heterocycles. The Hall–Kier alpha value is -3.99. The molecule has 1 saturated heterocycles. The van der Waals surface area contributed by atoms with Crippen molar-refractivity contribution in [2.75, 3.05) is 31.5 Å². The molecule has 11 heteroatoms. The van der Waals surface area contributed by atoms with Crippen LogP contribution < -0.4 is 5.32 Å². The monoisotopic (exact) mass is 551 g/mol. The molecule has 4 aromatic rings. The van der Waals surface area contributed by atoms with E-state index in [0.717, 1.165) is 67.1 Å². The molecule has 0 spiro atoms. The van der Waals surface area contributed by atoms with E-state index in [9.17, 15) is 18.0 Å². The van der Waals surface area contributed by atoms with Crippen LogP contribution in [0.5, 0.6) is 0 Å². The number of nitrogens with zero attached hydrogens (tertiary/aromatic N) is 6. The molecule has 0 bridgehead atoms. The fraction of sp³-hybridized carbons (Fsp3) is 0.379. The second-order valence-electron chi connectivity index (χ2n) is 10.3. The van der Waals surface area contributed by atoms with Gasteiger partial charge >= 0.3 is 6.18 Å². The number of alkyl halides is 3. The average molecular weight is 552 g/mol. The van der Waals surface area contributed by atoms with Crippen LogP contribution in [-0.2, 0) is 19.6 Å². The van der Waals surface area contributed by atoms with Gasteiger partial charge in [-0.3, -0.25) is 9.48 Å². The van der Waals surface area contributed by atoms with Crippen LogP contribution in [0.15, 0.2) is 48.8 Å². The van der Waals surface area contributed by atoms with Gasteiger partial charge in [0.1, 0.15) is 5.69 Å². The Bertz CT molecular complexity index is 1520. The average Bonchev–Trinajstić information content (AvgIpc) is 3.68. The van der Waals surface area contributed by atoms with E-state index < -0.39 is 17.5 Å². The molecule has 1 fully saturated rings. The number of hydrogen-bond donors (Lipinski definition) is 1. The van der Waals surface area contributed by atoms with Crippen molar-refractivity contribution >= 4 is 11.5 Å². The number of nitrogens with one attached hydrogen (secondary N) is 1. The summed E-state index contributed by atoms with van der Waals surface area (Å²) in [7, 11) is 1.85. The number of carbonyl (C=O) groups is 1. The van der Waals surface area contributed by atoms with Gasteiger partial charge in [-0.05, 0) is 75.2 Å². The van der Waals surface area contributed by atoms with Gasteiger partial charge < -0.3 is 10.2 Å². The maximum Gasteiger partial charge on any atom is 0.416 e. The summed E-state index contributed by atoms with van der Waals surface area (Å²) in [5.41, 5.74) is 4.41. The molecule has 5 rings (SSSR count). The van der Waals surface area contributed by atoms with Gasteiger partial charge in [0, 0.05) is 49.1 Å². The van der Waals surface area contributed by atoms with E-state index in [-0.39, 0.29) is 12.0 Å². The summed E-state index contributed by atoms with van der Waals surface area (Å²) in [6, 6.07) is 8.85. The molecule has 210 valence electrons. The molecular weight excluding hydrogens is 519 g/mol. The van der Waals surface area contributed by atoms with Gasteiger partial charge in [-0.1, -0.05) is 17.3 Å². The highest BCUT2D eigenvalue weighted by molar-refractivity contribution is 6.02. The molecule has 0 atom stereocenters. The lowest BCUT2D eigenvalue weighted by Crippen LogP contribution is -2.26. The molecule has 1 N–H and O–H groups in total. The number of benzene rings is 2. The van der Waals surface area contributed by atoms with Crippen molar-refractivity contribution in [3.05, 3.63) is 76.7 Å². The van der Waals surface area contributed by atoms with E-state index >= 15 is 0 Å². The summed E-state index contributed by atoms with van der Waals surface area (Å²) in [5, 5.41) is 16.0. The summed E-state index contributed by atoms with van der Waals surface area (Å²) in [5.74, 6) is -0.394. The highest BCUT2D eigenvalue weighted by atomic mass is 19.4. The number of aryl methyl sites for hydroxylation is 2. The minimum Gasteiger partial charge on any atom is -0.383 e. The third-order valence-corrected chi connectivity index (χ3v) is 7.48. The molecular formula is C29H32F3N7O. The molecule has 0 amide bonds. The summed E-state index contributed by atoms with van der Waals surface area (Å²) in [6.07, 6.45) is 1.24. The lowest BCUT2D eigenvalue weighted by atomic mass is 9.98. The van der Waals surface area contributed by atoms with Gasteiger partial charge in [0.2, 0.25) is 0 Å². The maximum absolute atomic E-state index is 13.5. The molecule has 0 unspecified atom stereocenters. The van der Waals surface area contributed by atoms with Crippen LogP contribution >= 0.6 is 0 Å². The zero-order valence-corrected chi connectivity index (χ0v) is 22.8. The Labute approximate surface area is 230 Å². The molecule has 2 aromatic heterocycles. The molecule has 3 heterocycles. The summed E-state index contributed by atoms with van der Waals surface area (Å²) in [4.78, 5) is 15.7. The summed E-state index contributed by atoms with van der Waals surface area (Å²) in [6.45, 7) is 7.23. The Morgan fingerprint density at radius 2 is 1.85 bits per heavy atom. The minimum atomic E-state index is -4.54. The Kier molecular flexibility index (Phi) is 7.75. The maximum atomic E-state index is 13.5. The molecule has 0 aliphatic carbocycles. The second kappa shape index (κ2) is 11.2. The van der Waals surface area contributed by atoms with Crippen LogP contribution in [0.1, 0.15) is 45.6 Å². The van der Waals surface area contributed by atoms with Gasteiger partial charge in [-0.25, -0.2) is 4.68 Å². The van der Waals surface area contributed by atoms with Crippen LogP contribution in [0.4, 0.5) is 18.9 Å². The number of halogens is 3. The standard InChI is InChI=1S/C29H32F3N7O/c1-19-6-7-21(14-27(19)39-18-26(35-36-39)24-17-34-37(3)20(24)2)15-28(40)23-16-22(29(30,31)32)8-9-25(23)33-10-13-38-11-4-5-12-38/h6-9,14,16-18,33H,4-5,10-13,15H2,1-3H3. The topological polar surface area (TPSA) is 80.9 Å². The number of rotatable bonds is 9. The summed E-state index contributed by atoms with van der Waals surface area (Å²) < 4.78 is 44.0. The highest BCUT2D eigenvalue weighted by Crippen LogP contribution is 2.32. The molecule has 40 heavy (non-hydrogen) atoms. The van der Waals surface area contributed by atoms with Crippen LogP contribution in [0.25, 0.3) is 16.9 Å². The lowest BCUT2D eigenvalue weighted by Gasteiger charge is -2.18. The van der Waals surface area contributed by atoms with Crippen molar-refractivity contribution in [2.24, 2.45) is 7.05 Å². The zero-order valence-electron chi connectivity index (χ0n) is 22.8. The number of aromatic nitrogens is 5. The van der Waals surface area contributed by atoms with E-state index in [4.69, 9.17) is 0 Å². The van der Waals surface area contributed by atoms with E-state index in [1.165, 1.54) is 6.07 Å². The van der Waals surface area contributed by atoms with Crippen LogP contribution in [-0.4, -0.2) is 61.6 Å². The summed E-state index contributed by atoms with van der Waals surface area (Å²) >= 11 is 0. The van der Waals surface area contributed by atoms with Crippen LogP contribution in [0, 0.1) is 13.8 Å². The lowest BCUT2D eigenvalue weighted by molar-refractivity contribution is -0.137. The largest absolute Gasteiger partial charge is 0.416 e. The number of ketones is 1. The molecule has 8 nitrogen and oxygen atoms in total. The SMILES string of the molecule is Cc1ccc(CC(=O)c2cc(C(F)(F)F)ccc2NCCN2CCCC2)cc1-n1cc(-c2cnn(C)c2C)nn1. The first-order valence-electron chi connectivity index (χ1n) is 13.3. The minimum absolute atomic E-state index is 0.0356. The highest BCUT2D eigenvalue weighted by Gasteiger charge is 2.32. The van der Waals surface area contributed by atoms with E-state index in [1.54, 1.807) is 21.8 Å². The van der Waals surface area contributed by atoms with Crippen molar-refractivity contribution in [2.45, 2.75) is 39.3 Å². The van der Waals surface area contributed by atoms with Crippen molar-refractivity contribution < 1.29 is 18.0 Å². The predicted molar refractivity (Wildman–Crippen MR) is 147 cm³/mol. The van der Waals surface area contributed by atoms with E-state index in [1.807, 2.05) is 39.1 Å². The quantitative estimate of drug-likeness (QED) is 0.287. The Balaban J connectivity index is 1.38.